The van der Waals surface area contributed by atoms with Crippen molar-refractivity contribution in [1.82, 2.24) is 26.0 Å². The zero-order valence-corrected chi connectivity index (χ0v) is 24.4. The van der Waals surface area contributed by atoms with Crippen LogP contribution < -0.4 is 26.4 Å². The van der Waals surface area contributed by atoms with E-state index in [1.54, 1.807) is 12.3 Å². The number of benzene rings is 2. The van der Waals surface area contributed by atoms with E-state index in [4.69, 9.17) is 23.8 Å². The number of para-hydroxylation sites is 1. The Kier molecular flexibility index (Phi) is 8.28. The second-order valence-corrected chi connectivity index (χ2v) is 11.2. The number of nitrogens with one attached hydrogen (secondary N) is 5. The number of carbonyl (C=O) groups excluding carboxylic acids is 2. The summed E-state index contributed by atoms with van der Waals surface area (Å²) in [5.74, 6) is -0.611. The van der Waals surface area contributed by atoms with Crippen molar-refractivity contribution in [3.8, 4) is 0 Å². The third-order valence-electron chi connectivity index (χ3n) is 7.68. The summed E-state index contributed by atoms with van der Waals surface area (Å²) in [5.41, 5.74) is 10.5. The first kappa shape index (κ1) is 28.7. The molecule has 3 unspecified atom stereocenters. The lowest BCUT2D eigenvalue weighted by Crippen LogP contribution is -3.08. The topological polar surface area (TPSA) is 112 Å². The lowest BCUT2D eigenvalue weighted by molar-refractivity contribution is -0.739. The van der Waals surface area contributed by atoms with E-state index in [2.05, 4.69) is 31.5 Å². The number of rotatable bonds is 6. The van der Waals surface area contributed by atoms with Gasteiger partial charge in [-0.2, -0.15) is 0 Å². The van der Waals surface area contributed by atoms with Crippen LogP contribution in [0.4, 0.5) is 15.9 Å². The molecule has 0 spiro atoms. The number of carbonyl (C=O) groups is 2. The second kappa shape index (κ2) is 12.4. The summed E-state index contributed by atoms with van der Waals surface area (Å²) in [7, 11) is 0. The van der Waals surface area contributed by atoms with Crippen LogP contribution in [-0.4, -0.2) is 39.5 Å². The van der Waals surface area contributed by atoms with Gasteiger partial charge < -0.3 is 10.6 Å². The lowest BCUT2D eigenvalue weighted by atomic mass is 9.96. The molecule has 5 N–H and O–H groups in total. The van der Waals surface area contributed by atoms with Gasteiger partial charge in [-0.25, -0.2) is 19.1 Å². The summed E-state index contributed by atoms with van der Waals surface area (Å²) in [5, 5.41) is 6.46. The number of thiocarbonyl (C=S) groups is 1. The highest BCUT2D eigenvalue weighted by Gasteiger charge is 2.39. The Morgan fingerprint density at radius 1 is 1.00 bits per heavy atom. The van der Waals surface area contributed by atoms with Crippen molar-refractivity contribution >= 4 is 52.3 Å². The van der Waals surface area contributed by atoms with Crippen LogP contribution in [0.3, 0.4) is 0 Å². The third kappa shape index (κ3) is 6.19. The zero-order valence-electron chi connectivity index (χ0n) is 22.9. The standard InChI is InChI=1S/C31H27ClFN7O2S/c32-24-15-19(29(41)36-26-12-14-40(30(26)42)21-5-2-1-3-6-21)17-35-28(24)38-39-31(43)37-27-22-7-4-13-34-25(22)11-9-18-8-10-20(33)16-23(18)27/h1-8,10,13,15-17,26-27H,9,11-12,14H2,(H,35,38)(H,36,41)(H2,37,39,43)/p+1. The molecule has 3 atom stereocenters. The van der Waals surface area contributed by atoms with Crippen LogP contribution >= 0.6 is 23.8 Å². The Morgan fingerprint density at radius 2 is 1.84 bits per heavy atom. The van der Waals surface area contributed by atoms with Crippen molar-refractivity contribution in [2.45, 2.75) is 31.3 Å². The summed E-state index contributed by atoms with van der Waals surface area (Å²) in [6, 6.07) is 18.5. The number of hydrazine groups is 1. The number of anilines is 1. The molecular weight excluding hydrogens is 589 g/mol. The maximum absolute atomic E-state index is 14.3. The van der Waals surface area contributed by atoms with E-state index in [9.17, 15) is 14.0 Å². The number of halogens is 2. The van der Waals surface area contributed by atoms with E-state index >= 15 is 0 Å². The van der Waals surface area contributed by atoms with Crippen LogP contribution in [-0.2, 0) is 17.6 Å². The van der Waals surface area contributed by atoms with E-state index in [-0.39, 0.29) is 33.2 Å². The number of nitrogens with zero attached hydrogens (tertiary/aromatic N) is 2. The predicted molar refractivity (Wildman–Crippen MR) is 164 cm³/mol. The van der Waals surface area contributed by atoms with Crippen molar-refractivity contribution < 1.29 is 18.9 Å². The van der Waals surface area contributed by atoms with Crippen molar-refractivity contribution in [3.63, 3.8) is 0 Å². The van der Waals surface area contributed by atoms with E-state index in [1.165, 1.54) is 24.4 Å². The largest absolute Gasteiger partial charge is 0.350 e. The van der Waals surface area contributed by atoms with Gasteiger partial charge in [-0.3, -0.25) is 20.6 Å². The zero-order chi connectivity index (χ0) is 29.9. The molecular formula is C31H28ClFN7O2S+. The molecule has 1 saturated heterocycles. The molecule has 2 aromatic carbocycles. The molecule has 1 aliphatic carbocycles. The van der Waals surface area contributed by atoms with Crippen molar-refractivity contribution in [1.29, 1.82) is 0 Å². The number of amides is 2. The summed E-state index contributed by atoms with van der Waals surface area (Å²) in [4.78, 5) is 35.3. The van der Waals surface area contributed by atoms with Crippen LogP contribution in [0.2, 0.25) is 5.02 Å². The maximum atomic E-state index is 14.3. The Bertz CT molecular complexity index is 1710. The monoisotopic (exact) mass is 616 g/mol. The first-order chi connectivity index (χ1) is 20.9. The normalized spacial score (nSPS) is 19.0. The highest BCUT2D eigenvalue weighted by molar-refractivity contribution is 7.80. The third-order valence-corrected chi connectivity index (χ3v) is 8.19. The highest BCUT2D eigenvalue weighted by Crippen LogP contribution is 2.32. The van der Waals surface area contributed by atoms with Crippen LogP contribution in [0.15, 0.2) is 79.1 Å². The van der Waals surface area contributed by atoms with Gasteiger partial charge in [0.05, 0.1) is 23.2 Å². The number of aryl methyl sites for hydroxylation is 2. The first-order valence-electron chi connectivity index (χ1n) is 13.8. The van der Waals surface area contributed by atoms with Gasteiger partial charge in [0.2, 0.25) is 0 Å². The van der Waals surface area contributed by atoms with Crippen LogP contribution in [0, 0.1) is 5.82 Å². The molecule has 3 heterocycles. The predicted octanol–water partition coefficient (Wildman–Crippen LogP) is 3.19. The number of quaternary nitrogens is 1. The molecule has 218 valence electrons. The second-order valence-electron chi connectivity index (χ2n) is 10.4. The van der Waals surface area contributed by atoms with Gasteiger partial charge in [0.15, 0.2) is 17.0 Å². The minimum atomic E-state index is -0.604. The Balaban J connectivity index is 1.09. The van der Waals surface area contributed by atoms with Crippen LogP contribution in [0.25, 0.3) is 0 Å². The minimum absolute atomic E-state index is 0.0838. The molecule has 0 radical (unpaired) electrons. The molecule has 4 aromatic rings. The maximum Gasteiger partial charge on any atom is 0.339 e. The number of fused-ring (bicyclic) bond motifs is 2. The van der Waals surface area contributed by atoms with Crippen LogP contribution in [0.1, 0.15) is 45.2 Å². The fourth-order valence-corrected chi connectivity index (χ4v) is 5.94. The van der Waals surface area contributed by atoms with E-state index in [1.807, 2.05) is 42.5 Å². The van der Waals surface area contributed by atoms with Gasteiger partial charge in [0.1, 0.15) is 11.5 Å². The number of pyridine rings is 2. The molecule has 12 heteroatoms. The average molecular weight is 617 g/mol. The molecule has 1 fully saturated rings. The SMILES string of the molecule is O=C(NC1CC[NH+](c2ccccc2)C1=O)c1cnc(NNC(=S)NC2c3cc(F)ccc3CCc3ncccc32)c(Cl)c1. The van der Waals surface area contributed by atoms with Crippen LogP contribution in [0.5, 0.6) is 0 Å². The van der Waals surface area contributed by atoms with Crippen molar-refractivity contribution in [2.75, 3.05) is 12.0 Å². The number of hydrogen-bond acceptors (Lipinski definition) is 6. The van der Waals surface area contributed by atoms with Gasteiger partial charge in [-0.05, 0) is 72.6 Å². The number of hydrogen-bond donors (Lipinski definition) is 5. The van der Waals surface area contributed by atoms with Crippen molar-refractivity contribution in [3.05, 3.63) is 118 Å². The van der Waals surface area contributed by atoms with E-state index < -0.39 is 18.0 Å². The molecule has 0 saturated carbocycles. The van der Waals surface area contributed by atoms with Gasteiger partial charge in [0, 0.05) is 30.1 Å². The molecule has 1 aliphatic heterocycles. The summed E-state index contributed by atoms with van der Waals surface area (Å²) in [6.07, 6.45) is 5.11. The molecule has 0 bridgehead atoms. The highest BCUT2D eigenvalue weighted by atomic mass is 35.5. The fourth-order valence-electron chi connectivity index (χ4n) is 5.56. The fraction of sp³-hybridized carbons (Fsp3) is 0.194. The summed E-state index contributed by atoms with van der Waals surface area (Å²) in [6.45, 7) is 0.596. The van der Waals surface area contributed by atoms with Gasteiger partial charge in [0.25, 0.3) is 5.91 Å². The van der Waals surface area contributed by atoms with E-state index in [0.717, 1.165) is 45.8 Å². The molecule has 2 amide bonds. The Labute approximate surface area is 257 Å². The quantitative estimate of drug-likeness (QED) is 0.166. The van der Waals surface area contributed by atoms with Gasteiger partial charge in [-0.1, -0.05) is 41.9 Å². The van der Waals surface area contributed by atoms with E-state index in [0.29, 0.717) is 13.0 Å². The Hall–Kier alpha value is -4.45. The van der Waals surface area contributed by atoms with Gasteiger partial charge in [-0.15, -0.1) is 0 Å². The number of aromatic nitrogens is 2. The first-order valence-corrected chi connectivity index (χ1v) is 14.6. The molecule has 2 aromatic heterocycles. The average Bonchev–Trinajstić information content (AvgIpc) is 3.30. The minimum Gasteiger partial charge on any atom is -0.350 e. The summed E-state index contributed by atoms with van der Waals surface area (Å²) < 4.78 is 14.3. The molecule has 9 nitrogen and oxygen atoms in total. The van der Waals surface area contributed by atoms with Crippen molar-refractivity contribution in [2.24, 2.45) is 0 Å². The lowest BCUT2D eigenvalue weighted by Gasteiger charge is -2.23. The molecule has 6 rings (SSSR count). The van der Waals surface area contributed by atoms with Gasteiger partial charge >= 0.3 is 5.91 Å². The Morgan fingerprint density at radius 3 is 2.65 bits per heavy atom. The summed E-state index contributed by atoms with van der Waals surface area (Å²) >= 11 is 12.0. The smallest absolute Gasteiger partial charge is 0.339 e. The molecule has 2 aliphatic rings. The molecule has 43 heavy (non-hydrogen) atoms.